The Morgan fingerprint density at radius 2 is 2.10 bits per heavy atom. The van der Waals surface area contributed by atoms with Gasteiger partial charge in [0.2, 0.25) is 11.8 Å². The van der Waals surface area contributed by atoms with Crippen molar-refractivity contribution >= 4 is 0 Å². The molecule has 1 fully saturated rings. The number of ether oxygens (including phenoxy) is 1. The number of nitrogens with one attached hydrogen (secondary N) is 1. The van der Waals surface area contributed by atoms with Gasteiger partial charge in [0.05, 0.1) is 12.7 Å². The summed E-state index contributed by atoms with van der Waals surface area (Å²) in [5.41, 5.74) is 0.777. The van der Waals surface area contributed by atoms with E-state index >= 15 is 0 Å². The molecule has 0 amide bonds. The van der Waals surface area contributed by atoms with Crippen LogP contribution in [-0.2, 0) is 0 Å². The van der Waals surface area contributed by atoms with Crippen LogP contribution in [0.25, 0.3) is 11.4 Å². The fourth-order valence-electron chi connectivity index (χ4n) is 2.83. The van der Waals surface area contributed by atoms with Crippen molar-refractivity contribution in [1.29, 1.82) is 0 Å². The van der Waals surface area contributed by atoms with Gasteiger partial charge in [-0.05, 0) is 24.8 Å². The SMILES string of the molecule is COc1ccc(-c2nc(O)c(C3CCCC3)c(=O)[nH]2)cn1. The van der Waals surface area contributed by atoms with Crippen LogP contribution in [-0.4, -0.2) is 27.2 Å². The Balaban J connectivity index is 1.99. The van der Waals surface area contributed by atoms with Crippen LogP contribution in [0.1, 0.15) is 37.2 Å². The molecule has 0 atom stereocenters. The number of aromatic hydroxyl groups is 1. The third-order valence-corrected chi connectivity index (χ3v) is 3.92. The first-order valence-corrected chi connectivity index (χ1v) is 7.02. The number of nitrogens with zero attached hydrogens (tertiary/aromatic N) is 2. The van der Waals surface area contributed by atoms with Crippen LogP contribution in [0.15, 0.2) is 23.1 Å². The largest absolute Gasteiger partial charge is 0.493 e. The quantitative estimate of drug-likeness (QED) is 0.903. The molecule has 3 rings (SSSR count). The smallest absolute Gasteiger partial charge is 0.258 e. The zero-order valence-corrected chi connectivity index (χ0v) is 11.8. The molecule has 0 aliphatic heterocycles. The standard InChI is InChI=1S/C15H17N3O3/c1-21-11-7-6-10(8-16-11)13-17-14(19)12(15(20)18-13)9-4-2-3-5-9/h6-9H,2-5H2,1H3,(H2,17,18,19,20). The van der Waals surface area contributed by atoms with E-state index in [4.69, 9.17) is 4.74 Å². The fourth-order valence-corrected chi connectivity index (χ4v) is 2.83. The second-order valence-corrected chi connectivity index (χ2v) is 5.22. The van der Waals surface area contributed by atoms with Crippen LogP contribution in [0.3, 0.4) is 0 Å². The second kappa shape index (κ2) is 5.55. The molecule has 2 aromatic heterocycles. The zero-order chi connectivity index (χ0) is 14.8. The average molecular weight is 287 g/mol. The van der Waals surface area contributed by atoms with E-state index in [-0.39, 0.29) is 17.4 Å². The first-order chi connectivity index (χ1) is 10.2. The van der Waals surface area contributed by atoms with Crippen molar-refractivity contribution in [3.8, 4) is 23.1 Å². The van der Waals surface area contributed by atoms with Gasteiger partial charge in [-0.1, -0.05) is 12.8 Å². The molecule has 1 saturated carbocycles. The van der Waals surface area contributed by atoms with Crippen LogP contribution < -0.4 is 10.3 Å². The van der Waals surface area contributed by atoms with Crippen LogP contribution in [0.5, 0.6) is 11.8 Å². The van der Waals surface area contributed by atoms with E-state index < -0.39 is 0 Å². The summed E-state index contributed by atoms with van der Waals surface area (Å²) < 4.78 is 4.99. The van der Waals surface area contributed by atoms with E-state index in [2.05, 4.69) is 15.0 Å². The highest BCUT2D eigenvalue weighted by molar-refractivity contribution is 5.55. The fraction of sp³-hybridized carbons (Fsp3) is 0.400. The normalized spacial score (nSPS) is 15.3. The van der Waals surface area contributed by atoms with Crippen molar-refractivity contribution in [2.45, 2.75) is 31.6 Å². The van der Waals surface area contributed by atoms with Crippen molar-refractivity contribution in [2.24, 2.45) is 0 Å². The monoisotopic (exact) mass is 287 g/mol. The minimum absolute atomic E-state index is 0.115. The van der Waals surface area contributed by atoms with Crippen LogP contribution in [0.4, 0.5) is 0 Å². The van der Waals surface area contributed by atoms with Gasteiger partial charge in [0.25, 0.3) is 5.56 Å². The lowest BCUT2D eigenvalue weighted by Gasteiger charge is -2.11. The molecule has 6 heteroatoms. The Labute approximate surface area is 121 Å². The molecule has 2 N–H and O–H groups in total. The zero-order valence-electron chi connectivity index (χ0n) is 11.8. The Hall–Kier alpha value is -2.37. The van der Waals surface area contributed by atoms with Crippen molar-refractivity contribution in [3.05, 3.63) is 34.2 Å². The molecule has 0 spiro atoms. The highest BCUT2D eigenvalue weighted by Gasteiger charge is 2.24. The summed E-state index contributed by atoms with van der Waals surface area (Å²) in [4.78, 5) is 23.2. The molecule has 2 aromatic rings. The number of pyridine rings is 1. The number of hydrogen-bond donors (Lipinski definition) is 2. The Kier molecular flexibility index (Phi) is 3.60. The molecule has 6 nitrogen and oxygen atoms in total. The van der Waals surface area contributed by atoms with Gasteiger partial charge in [0.1, 0.15) is 5.82 Å². The highest BCUT2D eigenvalue weighted by atomic mass is 16.5. The van der Waals surface area contributed by atoms with E-state index in [0.717, 1.165) is 25.7 Å². The van der Waals surface area contributed by atoms with E-state index in [1.807, 2.05) is 0 Å². The summed E-state index contributed by atoms with van der Waals surface area (Å²) in [7, 11) is 1.53. The Morgan fingerprint density at radius 1 is 1.33 bits per heavy atom. The Morgan fingerprint density at radius 3 is 2.67 bits per heavy atom. The average Bonchev–Trinajstić information content (AvgIpc) is 3.00. The van der Waals surface area contributed by atoms with Crippen LogP contribution in [0, 0.1) is 0 Å². The van der Waals surface area contributed by atoms with Gasteiger partial charge in [0.15, 0.2) is 0 Å². The molecule has 1 aliphatic rings. The number of H-pyrrole nitrogens is 1. The first-order valence-electron chi connectivity index (χ1n) is 7.02. The third kappa shape index (κ3) is 2.61. The number of hydrogen-bond acceptors (Lipinski definition) is 5. The highest BCUT2D eigenvalue weighted by Crippen LogP contribution is 2.35. The van der Waals surface area contributed by atoms with Gasteiger partial charge in [-0.2, -0.15) is 4.98 Å². The van der Waals surface area contributed by atoms with E-state index in [9.17, 15) is 9.90 Å². The van der Waals surface area contributed by atoms with Gasteiger partial charge in [-0.25, -0.2) is 4.98 Å². The predicted molar refractivity (Wildman–Crippen MR) is 77.5 cm³/mol. The molecule has 110 valence electrons. The molecule has 0 aromatic carbocycles. The molecular formula is C15H17N3O3. The summed E-state index contributed by atoms with van der Waals surface area (Å²) in [5.74, 6) is 0.739. The summed E-state index contributed by atoms with van der Waals surface area (Å²) >= 11 is 0. The summed E-state index contributed by atoms with van der Waals surface area (Å²) in [6, 6.07) is 3.41. The molecule has 2 heterocycles. The van der Waals surface area contributed by atoms with Crippen molar-refractivity contribution in [1.82, 2.24) is 15.0 Å². The third-order valence-electron chi connectivity index (χ3n) is 3.92. The molecule has 21 heavy (non-hydrogen) atoms. The molecule has 0 bridgehead atoms. The lowest BCUT2D eigenvalue weighted by atomic mass is 10.00. The maximum absolute atomic E-state index is 12.2. The summed E-state index contributed by atoms with van der Waals surface area (Å²) in [5, 5.41) is 10.1. The molecule has 0 unspecified atom stereocenters. The van der Waals surface area contributed by atoms with Gasteiger partial charge >= 0.3 is 0 Å². The van der Waals surface area contributed by atoms with Crippen molar-refractivity contribution in [2.75, 3.05) is 7.11 Å². The Bertz CT molecular complexity index is 688. The van der Waals surface area contributed by atoms with Gasteiger partial charge < -0.3 is 14.8 Å². The topological polar surface area (TPSA) is 88.1 Å². The van der Waals surface area contributed by atoms with E-state index in [1.54, 1.807) is 18.3 Å². The van der Waals surface area contributed by atoms with Crippen LogP contribution in [0.2, 0.25) is 0 Å². The molecule has 0 saturated heterocycles. The van der Waals surface area contributed by atoms with E-state index in [0.29, 0.717) is 22.8 Å². The maximum atomic E-state index is 12.2. The van der Waals surface area contributed by atoms with Crippen LogP contribution >= 0.6 is 0 Å². The summed E-state index contributed by atoms with van der Waals surface area (Å²) in [6.07, 6.45) is 5.59. The summed E-state index contributed by atoms with van der Waals surface area (Å²) in [6.45, 7) is 0. The minimum Gasteiger partial charge on any atom is -0.493 e. The minimum atomic E-state index is -0.264. The van der Waals surface area contributed by atoms with E-state index in [1.165, 1.54) is 7.11 Å². The first kappa shape index (κ1) is 13.6. The predicted octanol–water partition coefficient (Wildman–Crippen LogP) is 2.20. The van der Waals surface area contributed by atoms with Gasteiger partial charge in [-0.3, -0.25) is 4.79 Å². The lowest BCUT2D eigenvalue weighted by Crippen LogP contribution is -2.17. The molecular weight excluding hydrogens is 270 g/mol. The number of aromatic nitrogens is 3. The van der Waals surface area contributed by atoms with Gasteiger partial charge in [0, 0.05) is 17.8 Å². The van der Waals surface area contributed by atoms with Crippen molar-refractivity contribution in [3.63, 3.8) is 0 Å². The van der Waals surface area contributed by atoms with Crippen molar-refractivity contribution < 1.29 is 9.84 Å². The number of rotatable bonds is 3. The lowest BCUT2D eigenvalue weighted by molar-refractivity contribution is 0.398. The molecule has 0 radical (unpaired) electrons. The maximum Gasteiger partial charge on any atom is 0.258 e. The molecule has 1 aliphatic carbocycles. The van der Waals surface area contributed by atoms with Gasteiger partial charge in [-0.15, -0.1) is 0 Å². The number of methoxy groups -OCH3 is 1. The second-order valence-electron chi connectivity index (χ2n) is 5.22. The number of aromatic amines is 1.